The number of carbonyl (C=O) groups is 2. The Balaban J connectivity index is 1.43. The highest BCUT2D eigenvalue weighted by molar-refractivity contribution is 6.39. The van der Waals surface area contributed by atoms with E-state index < -0.39 is 11.8 Å². The lowest BCUT2D eigenvalue weighted by Gasteiger charge is -2.36. The van der Waals surface area contributed by atoms with Crippen molar-refractivity contribution in [2.75, 3.05) is 38.6 Å². The first-order valence-electron chi connectivity index (χ1n) is 8.98. The van der Waals surface area contributed by atoms with Crippen molar-refractivity contribution in [3.05, 3.63) is 23.5 Å². The Bertz CT molecular complexity index is 693. The number of rotatable bonds is 1. The van der Waals surface area contributed by atoms with Crippen LogP contribution in [-0.2, 0) is 27.4 Å². The number of aromatic nitrogens is 1. The molecular formula is C18H24N4O3. The Kier molecular flexibility index (Phi) is 4.43. The van der Waals surface area contributed by atoms with Gasteiger partial charge in [0.25, 0.3) is 0 Å². The molecule has 0 aromatic carbocycles. The summed E-state index contributed by atoms with van der Waals surface area (Å²) in [5.74, 6) is -0.486. The molecule has 1 N–H and O–H groups in total. The second kappa shape index (κ2) is 6.72. The van der Waals surface area contributed by atoms with Crippen LogP contribution in [0, 0.1) is 5.92 Å². The van der Waals surface area contributed by atoms with Crippen molar-refractivity contribution in [2.45, 2.75) is 31.9 Å². The number of hydrogen-bond donors (Lipinski definition) is 1. The lowest BCUT2D eigenvalue weighted by Crippen LogP contribution is -2.51. The van der Waals surface area contributed by atoms with E-state index in [-0.39, 0.29) is 6.04 Å². The third-order valence-corrected chi connectivity index (χ3v) is 5.58. The number of ether oxygens (including phenoxy) is 1. The van der Waals surface area contributed by atoms with Gasteiger partial charge in [-0.3, -0.25) is 14.6 Å². The topological polar surface area (TPSA) is 74.8 Å². The first kappa shape index (κ1) is 16.5. The monoisotopic (exact) mass is 344 g/mol. The van der Waals surface area contributed by atoms with E-state index in [2.05, 4.69) is 22.2 Å². The molecule has 2 fully saturated rings. The molecule has 2 saturated heterocycles. The van der Waals surface area contributed by atoms with Gasteiger partial charge in [-0.1, -0.05) is 0 Å². The number of piperidine rings is 1. The summed E-state index contributed by atoms with van der Waals surface area (Å²) < 4.78 is 5.42. The molecular weight excluding hydrogens is 320 g/mol. The normalized spacial score (nSPS) is 26.0. The van der Waals surface area contributed by atoms with Crippen LogP contribution >= 0.6 is 0 Å². The molecule has 0 radical (unpaired) electrons. The Morgan fingerprint density at radius 2 is 2.16 bits per heavy atom. The molecule has 134 valence electrons. The molecule has 0 unspecified atom stereocenters. The highest BCUT2D eigenvalue weighted by atomic mass is 16.5. The van der Waals surface area contributed by atoms with Gasteiger partial charge in [-0.15, -0.1) is 0 Å². The number of likely N-dealkylation sites (N-methyl/N-ethyl adjacent to an activating group) is 1. The zero-order chi connectivity index (χ0) is 17.4. The first-order valence-corrected chi connectivity index (χ1v) is 8.98. The van der Waals surface area contributed by atoms with E-state index in [0.717, 1.165) is 43.6 Å². The molecule has 4 rings (SSSR count). The summed E-state index contributed by atoms with van der Waals surface area (Å²) in [5, 5.41) is 2.71. The number of anilines is 1. The maximum Gasteiger partial charge on any atom is 0.313 e. The van der Waals surface area contributed by atoms with E-state index in [9.17, 15) is 9.59 Å². The number of pyridine rings is 1. The van der Waals surface area contributed by atoms with Crippen LogP contribution in [0.15, 0.2) is 12.3 Å². The van der Waals surface area contributed by atoms with E-state index in [1.54, 1.807) is 11.1 Å². The number of likely N-dealkylation sites (tertiary alicyclic amines) is 2. The number of hydrogen-bond acceptors (Lipinski definition) is 5. The first-order chi connectivity index (χ1) is 12.1. The summed E-state index contributed by atoms with van der Waals surface area (Å²) in [6.07, 6.45) is 4.50. The molecule has 2 amide bonds. The number of fused-ring (bicyclic) bond motifs is 2. The molecule has 3 aliphatic heterocycles. The minimum atomic E-state index is -0.577. The predicted octanol–water partition coefficient (Wildman–Crippen LogP) is 0.645. The molecule has 0 bridgehead atoms. The van der Waals surface area contributed by atoms with Gasteiger partial charge in [0.2, 0.25) is 0 Å². The van der Waals surface area contributed by atoms with Crippen molar-refractivity contribution >= 4 is 17.5 Å². The van der Waals surface area contributed by atoms with Crippen molar-refractivity contribution in [1.29, 1.82) is 0 Å². The molecule has 25 heavy (non-hydrogen) atoms. The average molecular weight is 344 g/mol. The van der Waals surface area contributed by atoms with Crippen molar-refractivity contribution in [2.24, 2.45) is 5.92 Å². The zero-order valence-corrected chi connectivity index (χ0v) is 14.5. The Hall–Kier alpha value is -1.99. The van der Waals surface area contributed by atoms with Gasteiger partial charge in [-0.25, -0.2) is 0 Å². The van der Waals surface area contributed by atoms with Crippen LogP contribution < -0.4 is 5.32 Å². The minimum Gasteiger partial charge on any atom is -0.376 e. The largest absolute Gasteiger partial charge is 0.376 e. The number of carbonyl (C=O) groups excluding carboxylic acids is 2. The molecule has 0 aliphatic carbocycles. The molecule has 3 aliphatic rings. The second-order valence-electron chi connectivity index (χ2n) is 7.25. The fourth-order valence-electron chi connectivity index (χ4n) is 4.17. The standard InChI is InChI=1S/C18H24N4O3/c1-21-5-2-12-3-6-22(16(12)10-21)18(24)17(23)20-14-8-13-11-25-7-4-15(13)19-9-14/h8-9,12,16H,2-7,10-11H2,1H3,(H,20,23)/t12-,16-/m1/s1. The van der Waals surface area contributed by atoms with Crippen molar-refractivity contribution in [3.8, 4) is 0 Å². The summed E-state index contributed by atoms with van der Waals surface area (Å²) in [6.45, 7) is 3.77. The minimum absolute atomic E-state index is 0.159. The van der Waals surface area contributed by atoms with Gasteiger partial charge in [0.1, 0.15) is 0 Å². The van der Waals surface area contributed by atoms with Crippen LogP contribution in [0.5, 0.6) is 0 Å². The Morgan fingerprint density at radius 3 is 3.04 bits per heavy atom. The molecule has 1 aromatic heterocycles. The summed E-state index contributed by atoms with van der Waals surface area (Å²) >= 11 is 0. The Morgan fingerprint density at radius 1 is 1.32 bits per heavy atom. The highest BCUT2D eigenvalue weighted by Gasteiger charge is 2.41. The maximum atomic E-state index is 12.7. The van der Waals surface area contributed by atoms with E-state index in [1.165, 1.54) is 0 Å². The third kappa shape index (κ3) is 3.26. The lowest BCUT2D eigenvalue weighted by molar-refractivity contribution is -0.144. The quantitative estimate of drug-likeness (QED) is 0.757. The van der Waals surface area contributed by atoms with E-state index >= 15 is 0 Å². The van der Waals surface area contributed by atoms with Gasteiger partial charge in [0, 0.05) is 36.8 Å². The van der Waals surface area contributed by atoms with Gasteiger partial charge in [0.15, 0.2) is 0 Å². The fourth-order valence-corrected chi connectivity index (χ4v) is 4.17. The maximum absolute atomic E-state index is 12.7. The number of nitrogens with one attached hydrogen (secondary N) is 1. The van der Waals surface area contributed by atoms with Gasteiger partial charge in [0.05, 0.1) is 25.1 Å². The summed E-state index contributed by atoms with van der Waals surface area (Å²) in [4.78, 5) is 33.5. The van der Waals surface area contributed by atoms with Crippen LogP contribution in [0.1, 0.15) is 24.1 Å². The summed E-state index contributed by atoms with van der Waals surface area (Å²) in [6, 6.07) is 2.01. The van der Waals surface area contributed by atoms with Gasteiger partial charge in [-0.2, -0.15) is 0 Å². The third-order valence-electron chi connectivity index (χ3n) is 5.58. The fraction of sp³-hybridized carbons (Fsp3) is 0.611. The van der Waals surface area contributed by atoms with Crippen LogP contribution in [0.4, 0.5) is 5.69 Å². The molecule has 0 spiro atoms. The van der Waals surface area contributed by atoms with Crippen LogP contribution in [0.3, 0.4) is 0 Å². The molecule has 4 heterocycles. The van der Waals surface area contributed by atoms with Crippen molar-refractivity contribution in [3.63, 3.8) is 0 Å². The van der Waals surface area contributed by atoms with Gasteiger partial charge < -0.3 is 19.9 Å². The summed E-state index contributed by atoms with van der Waals surface area (Å²) in [7, 11) is 2.07. The van der Waals surface area contributed by atoms with Gasteiger partial charge in [-0.05, 0) is 38.4 Å². The van der Waals surface area contributed by atoms with E-state index in [4.69, 9.17) is 4.74 Å². The lowest BCUT2D eigenvalue weighted by atomic mass is 9.92. The van der Waals surface area contributed by atoms with Crippen LogP contribution in [-0.4, -0.2) is 65.9 Å². The summed E-state index contributed by atoms with van der Waals surface area (Å²) in [5.41, 5.74) is 2.54. The number of amides is 2. The predicted molar refractivity (Wildman–Crippen MR) is 91.9 cm³/mol. The van der Waals surface area contributed by atoms with Crippen molar-refractivity contribution in [1.82, 2.24) is 14.8 Å². The van der Waals surface area contributed by atoms with Crippen LogP contribution in [0.2, 0.25) is 0 Å². The van der Waals surface area contributed by atoms with E-state index in [0.29, 0.717) is 31.4 Å². The molecule has 0 saturated carbocycles. The Labute approximate surface area is 147 Å². The molecule has 2 atom stereocenters. The number of nitrogens with zero attached hydrogens (tertiary/aromatic N) is 3. The van der Waals surface area contributed by atoms with Crippen LogP contribution in [0.25, 0.3) is 0 Å². The molecule has 1 aromatic rings. The van der Waals surface area contributed by atoms with E-state index in [1.807, 2.05) is 6.07 Å². The SMILES string of the molecule is CN1CC[C@@H]2CCN(C(=O)C(=O)Nc3cnc4c(c3)COCC4)[C@@H]2C1. The zero-order valence-electron chi connectivity index (χ0n) is 14.5. The second-order valence-corrected chi connectivity index (χ2v) is 7.25. The highest BCUT2D eigenvalue weighted by Crippen LogP contribution is 2.31. The van der Waals surface area contributed by atoms with Gasteiger partial charge >= 0.3 is 11.8 Å². The smallest absolute Gasteiger partial charge is 0.313 e. The van der Waals surface area contributed by atoms with Crippen molar-refractivity contribution < 1.29 is 14.3 Å². The molecule has 7 nitrogen and oxygen atoms in total. The molecule has 7 heteroatoms. The average Bonchev–Trinajstić information content (AvgIpc) is 3.04.